The van der Waals surface area contributed by atoms with Crippen molar-refractivity contribution in [3.63, 3.8) is 0 Å². The van der Waals surface area contributed by atoms with Crippen molar-refractivity contribution < 1.29 is 4.74 Å². The van der Waals surface area contributed by atoms with E-state index in [0.29, 0.717) is 6.04 Å². The standard InChI is InChI=1S/C24H28N2O/c1-18(2)25-13-10-20(11-14-25)21-6-9-24-22(16-21)12-15-26(24)17-19-4-7-23(27-3)8-5-19/h4-10,12,15-16,18H,11,13-14,17H2,1-3H3. The first-order valence-corrected chi connectivity index (χ1v) is 9.79. The van der Waals surface area contributed by atoms with Crippen molar-refractivity contribution in [1.29, 1.82) is 0 Å². The zero-order chi connectivity index (χ0) is 18.8. The Morgan fingerprint density at radius 1 is 1.04 bits per heavy atom. The van der Waals surface area contributed by atoms with Gasteiger partial charge >= 0.3 is 0 Å². The zero-order valence-corrected chi connectivity index (χ0v) is 16.5. The van der Waals surface area contributed by atoms with E-state index in [4.69, 9.17) is 4.74 Å². The van der Waals surface area contributed by atoms with Gasteiger partial charge in [-0.25, -0.2) is 0 Å². The molecule has 0 atom stereocenters. The molecular weight excluding hydrogens is 332 g/mol. The third-order valence-electron chi connectivity index (χ3n) is 5.62. The largest absolute Gasteiger partial charge is 0.497 e. The van der Waals surface area contributed by atoms with E-state index in [1.165, 1.54) is 27.6 Å². The summed E-state index contributed by atoms with van der Waals surface area (Å²) in [6.45, 7) is 7.63. The van der Waals surface area contributed by atoms with E-state index >= 15 is 0 Å². The van der Waals surface area contributed by atoms with Crippen LogP contribution in [0, 0.1) is 0 Å². The van der Waals surface area contributed by atoms with E-state index in [1.807, 2.05) is 12.1 Å². The minimum atomic E-state index is 0.622. The van der Waals surface area contributed by atoms with Crippen molar-refractivity contribution in [2.45, 2.75) is 32.9 Å². The van der Waals surface area contributed by atoms with E-state index < -0.39 is 0 Å². The summed E-state index contributed by atoms with van der Waals surface area (Å²) in [6.07, 6.45) is 5.73. The average Bonchev–Trinajstić information content (AvgIpc) is 3.10. The van der Waals surface area contributed by atoms with Gasteiger partial charge < -0.3 is 9.30 Å². The van der Waals surface area contributed by atoms with Crippen molar-refractivity contribution in [2.24, 2.45) is 0 Å². The van der Waals surface area contributed by atoms with Gasteiger partial charge in [0.25, 0.3) is 0 Å². The number of nitrogens with zero attached hydrogens (tertiary/aromatic N) is 2. The third kappa shape index (κ3) is 3.79. The molecule has 2 aromatic carbocycles. The SMILES string of the molecule is COc1ccc(Cn2ccc3cc(C4=CCN(C(C)C)CC4)ccc32)cc1. The maximum absolute atomic E-state index is 5.25. The highest BCUT2D eigenvalue weighted by molar-refractivity contribution is 5.85. The van der Waals surface area contributed by atoms with Gasteiger partial charge in [-0.05, 0) is 67.3 Å². The maximum Gasteiger partial charge on any atom is 0.118 e. The summed E-state index contributed by atoms with van der Waals surface area (Å²) in [5, 5.41) is 1.31. The van der Waals surface area contributed by atoms with Gasteiger partial charge in [-0.2, -0.15) is 0 Å². The minimum absolute atomic E-state index is 0.622. The first-order chi connectivity index (χ1) is 13.1. The van der Waals surface area contributed by atoms with Crippen LogP contribution >= 0.6 is 0 Å². The van der Waals surface area contributed by atoms with Gasteiger partial charge in [0.2, 0.25) is 0 Å². The van der Waals surface area contributed by atoms with Crippen molar-refractivity contribution in [2.75, 3.05) is 20.2 Å². The Labute approximate surface area is 161 Å². The summed E-state index contributed by atoms with van der Waals surface area (Å²) >= 11 is 0. The molecule has 1 aliphatic rings. The monoisotopic (exact) mass is 360 g/mol. The van der Waals surface area contributed by atoms with Crippen molar-refractivity contribution in [3.8, 4) is 5.75 Å². The number of hydrogen-bond donors (Lipinski definition) is 0. The molecule has 2 heterocycles. The molecule has 27 heavy (non-hydrogen) atoms. The molecule has 0 aliphatic carbocycles. The van der Waals surface area contributed by atoms with Crippen molar-refractivity contribution in [1.82, 2.24) is 9.47 Å². The Bertz CT molecular complexity index is 950. The molecule has 140 valence electrons. The molecular formula is C24H28N2O. The van der Waals surface area contributed by atoms with Crippen molar-refractivity contribution >= 4 is 16.5 Å². The summed E-state index contributed by atoms with van der Waals surface area (Å²) in [5.41, 5.74) is 5.42. The number of rotatable bonds is 5. The second kappa shape index (κ2) is 7.61. The molecule has 3 nitrogen and oxygen atoms in total. The van der Waals surface area contributed by atoms with Crippen LogP contribution in [-0.2, 0) is 6.54 Å². The molecule has 0 unspecified atom stereocenters. The highest BCUT2D eigenvalue weighted by atomic mass is 16.5. The first-order valence-electron chi connectivity index (χ1n) is 9.79. The predicted molar refractivity (Wildman–Crippen MR) is 113 cm³/mol. The summed E-state index contributed by atoms with van der Waals surface area (Å²) in [4.78, 5) is 2.52. The van der Waals surface area contributed by atoms with Crippen LogP contribution in [0.3, 0.4) is 0 Å². The van der Waals surface area contributed by atoms with Crippen molar-refractivity contribution in [3.05, 3.63) is 71.9 Å². The van der Waals surface area contributed by atoms with Gasteiger partial charge in [-0.1, -0.05) is 24.3 Å². The van der Waals surface area contributed by atoms with Crippen LogP contribution in [-0.4, -0.2) is 35.7 Å². The number of benzene rings is 2. The van der Waals surface area contributed by atoms with Crippen LogP contribution in [0.15, 0.2) is 60.8 Å². The van der Waals surface area contributed by atoms with Crippen LogP contribution < -0.4 is 4.74 Å². The zero-order valence-electron chi connectivity index (χ0n) is 16.5. The summed E-state index contributed by atoms with van der Waals surface area (Å²) < 4.78 is 7.57. The fourth-order valence-electron chi connectivity index (χ4n) is 3.88. The Morgan fingerprint density at radius 2 is 1.85 bits per heavy atom. The molecule has 0 amide bonds. The first kappa shape index (κ1) is 17.9. The number of methoxy groups -OCH3 is 1. The molecule has 0 fully saturated rings. The molecule has 1 aliphatic heterocycles. The molecule has 0 N–H and O–H groups in total. The lowest BCUT2D eigenvalue weighted by molar-refractivity contribution is 0.245. The van der Waals surface area contributed by atoms with Crippen LogP contribution in [0.2, 0.25) is 0 Å². The number of hydrogen-bond acceptors (Lipinski definition) is 2. The molecule has 0 radical (unpaired) electrons. The van der Waals surface area contributed by atoms with Gasteiger partial charge in [-0.15, -0.1) is 0 Å². The van der Waals surface area contributed by atoms with Crippen LogP contribution in [0.4, 0.5) is 0 Å². The number of ether oxygens (including phenoxy) is 1. The van der Waals surface area contributed by atoms with E-state index in [9.17, 15) is 0 Å². The third-order valence-corrected chi connectivity index (χ3v) is 5.62. The lowest BCUT2D eigenvalue weighted by Gasteiger charge is -2.29. The fourth-order valence-corrected chi connectivity index (χ4v) is 3.88. The number of aromatic nitrogens is 1. The van der Waals surface area contributed by atoms with Gasteiger partial charge in [0.15, 0.2) is 0 Å². The van der Waals surface area contributed by atoms with Crippen LogP contribution in [0.1, 0.15) is 31.4 Å². The van der Waals surface area contributed by atoms with Gasteiger partial charge in [-0.3, -0.25) is 4.90 Å². The molecule has 3 aromatic rings. The fraction of sp³-hybridized carbons (Fsp3) is 0.333. The topological polar surface area (TPSA) is 17.4 Å². The summed E-state index contributed by atoms with van der Waals surface area (Å²) in [5.74, 6) is 0.901. The minimum Gasteiger partial charge on any atom is -0.497 e. The van der Waals surface area contributed by atoms with E-state index in [-0.39, 0.29) is 0 Å². The maximum atomic E-state index is 5.25. The smallest absolute Gasteiger partial charge is 0.118 e. The van der Waals surface area contributed by atoms with Gasteiger partial charge in [0.05, 0.1) is 7.11 Å². The van der Waals surface area contributed by atoms with E-state index in [0.717, 1.165) is 31.8 Å². The molecule has 0 saturated heterocycles. The molecule has 4 rings (SSSR count). The Balaban J connectivity index is 1.54. The van der Waals surface area contributed by atoms with E-state index in [1.54, 1.807) is 7.11 Å². The molecule has 3 heteroatoms. The Kier molecular flexibility index (Phi) is 5.04. The molecule has 0 spiro atoms. The van der Waals surface area contributed by atoms with Crippen LogP contribution in [0.5, 0.6) is 5.75 Å². The Morgan fingerprint density at radius 3 is 2.52 bits per heavy atom. The lowest BCUT2D eigenvalue weighted by atomic mass is 9.98. The van der Waals surface area contributed by atoms with Gasteiger partial charge in [0, 0.05) is 42.8 Å². The van der Waals surface area contributed by atoms with Crippen LogP contribution in [0.25, 0.3) is 16.5 Å². The average molecular weight is 361 g/mol. The molecule has 0 saturated carbocycles. The lowest BCUT2D eigenvalue weighted by Crippen LogP contribution is -2.34. The second-order valence-corrected chi connectivity index (χ2v) is 7.63. The van der Waals surface area contributed by atoms with E-state index in [2.05, 4.69) is 72.0 Å². The highest BCUT2D eigenvalue weighted by Gasteiger charge is 2.15. The van der Waals surface area contributed by atoms with Gasteiger partial charge in [0.1, 0.15) is 5.75 Å². The predicted octanol–water partition coefficient (Wildman–Crippen LogP) is 5.20. The molecule has 0 bridgehead atoms. The number of fused-ring (bicyclic) bond motifs is 1. The summed E-state index contributed by atoms with van der Waals surface area (Å²) in [7, 11) is 1.70. The highest BCUT2D eigenvalue weighted by Crippen LogP contribution is 2.27. The second-order valence-electron chi connectivity index (χ2n) is 7.63. The Hall–Kier alpha value is -2.52. The summed E-state index contributed by atoms with van der Waals surface area (Å²) in [6, 6.07) is 18.1. The normalized spacial score (nSPS) is 15.3. The quantitative estimate of drug-likeness (QED) is 0.622. The molecule has 1 aromatic heterocycles.